The molecule has 0 bridgehead atoms. The molecule has 0 atom stereocenters. The number of nitrogens with one attached hydrogen (secondary N) is 1. The summed E-state index contributed by atoms with van der Waals surface area (Å²) in [4.78, 5) is 0.0796. The monoisotopic (exact) mass is 491 g/mol. The minimum absolute atomic E-state index is 0.0796. The Balaban J connectivity index is 1.66. The molecular weight excluding hydrogens is 469 g/mol. The van der Waals surface area contributed by atoms with Crippen molar-refractivity contribution in [3.05, 3.63) is 106 Å². The van der Waals surface area contributed by atoms with Crippen LogP contribution in [-0.2, 0) is 22.0 Å². The fourth-order valence-electron chi connectivity index (χ4n) is 4.72. The molecule has 4 aromatic rings. The van der Waals surface area contributed by atoms with Gasteiger partial charge in [0.05, 0.1) is 4.90 Å². The van der Waals surface area contributed by atoms with Crippen LogP contribution in [0.3, 0.4) is 0 Å². The van der Waals surface area contributed by atoms with Crippen molar-refractivity contribution in [2.24, 2.45) is 0 Å². The van der Waals surface area contributed by atoms with Crippen molar-refractivity contribution < 1.29 is 12.8 Å². The summed E-state index contributed by atoms with van der Waals surface area (Å²) in [5, 5.41) is 3.40. The van der Waals surface area contributed by atoms with Gasteiger partial charge in [-0.25, -0.2) is 12.8 Å². The van der Waals surface area contributed by atoms with Crippen molar-refractivity contribution in [2.45, 2.75) is 31.7 Å². The number of hydrogen-bond donors (Lipinski definition) is 1. The molecule has 0 spiro atoms. The highest BCUT2D eigenvalue weighted by molar-refractivity contribution is 8.13. The topological polar surface area (TPSA) is 46.2 Å². The zero-order valence-corrected chi connectivity index (χ0v) is 20.4. The van der Waals surface area contributed by atoms with E-state index in [0.717, 1.165) is 39.9 Å². The van der Waals surface area contributed by atoms with E-state index in [1.165, 1.54) is 28.8 Å². The molecule has 6 heteroatoms. The molecule has 1 N–H and O–H groups in total. The average Bonchev–Trinajstić information content (AvgIpc) is 3.18. The van der Waals surface area contributed by atoms with Gasteiger partial charge < -0.3 is 5.32 Å². The normalized spacial score (nSPS) is 12.4. The van der Waals surface area contributed by atoms with Crippen molar-refractivity contribution in [2.75, 3.05) is 5.32 Å². The van der Waals surface area contributed by atoms with Crippen LogP contribution in [0.5, 0.6) is 0 Å². The van der Waals surface area contributed by atoms with Crippen LogP contribution in [0.15, 0.2) is 77.7 Å². The van der Waals surface area contributed by atoms with Gasteiger partial charge in [0, 0.05) is 22.9 Å². The van der Waals surface area contributed by atoms with Crippen molar-refractivity contribution in [3.8, 4) is 22.3 Å². The minimum atomic E-state index is -3.87. The van der Waals surface area contributed by atoms with Crippen LogP contribution >= 0.6 is 10.7 Å². The Hall–Kier alpha value is -3.15. The molecule has 4 aromatic carbocycles. The first-order valence-corrected chi connectivity index (χ1v) is 13.3. The minimum Gasteiger partial charge on any atom is -0.381 e. The Morgan fingerprint density at radius 3 is 2.44 bits per heavy atom. The first-order chi connectivity index (χ1) is 16.2. The van der Waals surface area contributed by atoms with E-state index in [2.05, 4.69) is 29.6 Å². The second-order valence-electron chi connectivity index (χ2n) is 8.69. The summed E-state index contributed by atoms with van der Waals surface area (Å²) >= 11 is 0. The number of fused-ring (bicyclic) bond motifs is 3. The lowest BCUT2D eigenvalue weighted by molar-refractivity contribution is 0.609. The lowest BCUT2D eigenvalue weighted by atomic mass is 9.88. The number of anilines is 1. The highest BCUT2D eigenvalue weighted by Gasteiger charge is 2.25. The van der Waals surface area contributed by atoms with E-state index in [-0.39, 0.29) is 10.7 Å². The van der Waals surface area contributed by atoms with Gasteiger partial charge in [-0.1, -0.05) is 42.5 Å². The van der Waals surface area contributed by atoms with Crippen LogP contribution in [0.4, 0.5) is 10.1 Å². The Morgan fingerprint density at radius 1 is 0.882 bits per heavy atom. The molecule has 0 saturated heterocycles. The molecule has 3 nitrogen and oxygen atoms in total. The second kappa shape index (κ2) is 8.57. The van der Waals surface area contributed by atoms with Gasteiger partial charge in [0.1, 0.15) is 5.82 Å². The van der Waals surface area contributed by atoms with E-state index in [1.54, 1.807) is 31.2 Å². The number of benzene rings is 4. The van der Waals surface area contributed by atoms with E-state index in [9.17, 15) is 12.8 Å². The second-order valence-corrected chi connectivity index (χ2v) is 11.3. The van der Waals surface area contributed by atoms with Gasteiger partial charge in [0.15, 0.2) is 0 Å². The molecule has 0 radical (unpaired) electrons. The number of rotatable bonds is 5. The van der Waals surface area contributed by atoms with Gasteiger partial charge in [-0.05, 0) is 101 Å². The van der Waals surface area contributed by atoms with Crippen LogP contribution in [0, 0.1) is 19.7 Å². The predicted octanol–water partition coefficient (Wildman–Crippen LogP) is 7.22. The van der Waals surface area contributed by atoms with Gasteiger partial charge in [-0.2, -0.15) is 0 Å². The molecule has 5 rings (SSSR count). The Morgan fingerprint density at radius 2 is 1.68 bits per heavy atom. The van der Waals surface area contributed by atoms with Crippen LogP contribution in [-0.4, -0.2) is 8.42 Å². The third kappa shape index (κ3) is 4.10. The Kier molecular flexibility index (Phi) is 5.70. The zero-order chi connectivity index (χ0) is 24.0. The van der Waals surface area contributed by atoms with Gasteiger partial charge >= 0.3 is 0 Å². The summed E-state index contributed by atoms with van der Waals surface area (Å²) in [6, 6.07) is 22.5. The molecule has 34 heavy (non-hydrogen) atoms. The third-order valence-electron chi connectivity index (χ3n) is 6.47. The molecule has 0 unspecified atom stereocenters. The Labute approximate surface area is 203 Å². The maximum atomic E-state index is 13.7. The lowest BCUT2D eigenvalue weighted by Gasteiger charge is -2.19. The molecule has 1 aliphatic rings. The Bertz CT molecular complexity index is 1550. The van der Waals surface area contributed by atoms with E-state index < -0.39 is 9.05 Å². The van der Waals surface area contributed by atoms with Gasteiger partial charge in [0.25, 0.3) is 9.05 Å². The van der Waals surface area contributed by atoms with Crippen molar-refractivity contribution >= 4 is 25.4 Å². The van der Waals surface area contributed by atoms with E-state index >= 15 is 0 Å². The molecule has 0 aromatic heterocycles. The number of halogens is 2. The third-order valence-corrected chi connectivity index (χ3v) is 7.83. The maximum Gasteiger partial charge on any atom is 0.261 e. The highest BCUT2D eigenvalue weighted by Crippen LogP contribution is 2.44. The fraction of sp³-hybridized carbons (Fsp3) is 0.143. The van der Waals surface area contributed by atoms with E-state index in [1.807, 2.05) is 19.1 Å². The maximum absolute atomic E-state index is 13.7. The summed E-state index contributed by atoms with van der Waals surface area (Å²) in [5.74, 6) is -0.240. The van der Waals surface area contributed by atoms with Gasteiger partial charge in [-0.3, -0.25) is 0 Å². The van der Waals surface area contributed by atoms with E-state index in [0.29, 0.717) is 12.1 Å². The summed E-state index contributed by atoms with van der Waals surface area (Å²) in [6.07, 6.45) is 0.766. The van der Waals surface area contributed by atoms with Gasteiger partial charge in [-0.15, -0.1) is 0 Å². The predicted molar refractivity (Wildman–Crippen MR) is 136 cm³/mol. The summed E-state index contributed by atoms with van der Waals surface area (Å²) in [7, 11) is 1.82. The van der Waals surface area contributed by atoms with Crippen LogP contribution < -0.4 is 5.32 Å². The largest absolute Gasteiger partial charge is 0.381 e. The number of aryl methyl sites for hydroxylation is 2. The van der Waals surface area contributed by atoms with Crippen LogP contribution in [0.1, 0.15) is 27.8 Å². The van der Waals surface area contributed by atoms with Crippen molar-refractivity contribution in [1.29, 1.82) is 0 Å². The fourth-order valence-corrected chi connectivity index (χ4v) is 5.49. The highest BCUT2D eigenvalue weighted by atomic mass is 35.7. The molecule has 1 aliphatic carbocycles. The molecule has 0 aliphatic heterocycles. The average molecular weight is 492 g/mol. The molecule has 172 valence electrons. The number of hydrogen-bond acceptors (Lipinski definition) is 3. The van der Waals surface area contributed by atoms with Gasteiger partial charge in [0.2, 0.25) is 0 Å². The molecule has 0 fully saturated rings. The first-order valence-electron chi connectivity index (χ1n) is 11.0. The van der Waals surface area contributed by atoms with Crippen molar-refractivity contribution in [3.63, 3.8) is 0 Å². The van der Waals surface area contributed by atoms with Crippen LogP contribution in [0.2, 0.25) is 0 Å². The quantitative estimate of drug-likeness (QED) is 0.264. The van der Waals surface area contributed by atoms with Crippen LogP contribution in [0.25, 0.3) is 22.3 Å². The smallest absolute Gasteiger partial charge is 0.261 e. The molecule has 0 saturated carbocycles. The first kappa shape index (κ1) is 22.6. The van der Waals surface area contributed by atoms with E-state index in [4.69, 9.17) is 10.7 Å². The SMILES string of the molecule is Cc1cc(NCc2ccc3c(c2-c2cc(S(=O)(=O)Cl)ccc2C)Cc2ccccc2-3)ccc1F. The molecular formula is C28H23ClFNO2S. The summed E-state index contributed by atoms with van der Waals surface area (Å²) < 4.78 is 38.0. The molecule has 0 amide bonds. The standard InChI is InChI=1S/C28H23ClFNO2S/c1-17-7-10-22(34(29,32)33)15-25(17)28-20(16-31-21-9-12-27(30)18(2)13-21)8-11-24-23-6-4-3-5-19(23)14-26(24)28/h3-13,15,31H,14,16H2,1-2H3. The zero-order valence-electron chi connectivity index (χ0n) is 18.8. The molecule has 0 heterocycles. The lowest BCUT2D eigenvalue weighted by Crippen LogP contribution is -2.05. The summed E-state index contributed by atoms with van der Waals surface area (Å²) in [5.41, 5.74) is 10.0. The summed E-state index contributed by atoms with van der Waals surface area (Å²) in [6.45, 7) is 4.21. The van der Waals surface area contributed by atoms with Crippen molar-refractivity contribution in [1.82, 2.24) is 0 Å².